The van der Waals surface area contributed by atoms with Gasteiger partial charge in [-0.2, -0.15) is 0 Å². The van der Waals surface area contributed by atoms with Crippen LogP contribution in [0.3, 0.4) is 0 Å². The van der Waals surface area contributed by atoms with E-state index in [1.54, 1.807) is 11.3 Å². The number of piperazine rings is 1. The lowest BCUT2D eigenvalue weighted by Gasteiger charge is -2.37. The van der Waals surface area contributed by atoms with Crippen molar-refractivity contribution in [1.29, 1.82) is 0 Å². The normalized spacial score (nSPS) is 16.9. The Bertz CT molecular complexity index is 448. The van der Waals surface area contributed by atoms with Gasteiger partial charge in [-0.25, -0.2) is 4.98 Å². The number of amides is 1. The largest absolute Gasteiger partial charge is 0.345 e. The Morgan fingerprint density at radius 3 is 2.16 bits per heavy atom. The molecule has 0 bridgehead atoms. The highest BCUT2D eigenvalue weighted by Gasteiger charge is 2.30. The second-order valence-corrected chi connectivity index (χ2v) is 7.35. The first-order chi connectivity index (χ1) is 8.79. The van der Waals surface area contributed by atoms with E-state index in [2.05, 4.69) is 23.7 Å². The van der Waals surface area contributed by atoms with E-state index in [0.717, 1.165) is 37.0 Å². The monoisotopic (exact) mass is 281 g/mol. The van der Waals surface area contributed by atoms with Crippen molar-refractivity contribution in [2.24, 2.45) is 5.41 Å². The maximum atomic E-state index is 12.2. The van der Waals surface area contributed by atoms with Crippen molar-refractivity contribution in [2.45, 2.75) is 34.6 Å². The maximum Gasteiger partial charge on any atom is 0.228 e. The molecule has 0 N–H and O–H groups in total. The third-order valence-electron chi connectivity index (χ3n) is 3.50. The number of carbonyl (C=O) groups excluding carboxylic acids is 1. The summed E-state index contributed by atoms with van der Waals surface area (Å²) in [4.78, 5) is 22.4. The van der Waals surface area contributed by atoms with Crippen molar-refractivity contribution in [2.75, 3.05) is 31.1 Å². The summed E-state index contributed by atoms with van der Waals surface area (Å²) >= 11 is 1.75. The Balaban J connectivity index is 1.98. The first-order valence-corrected chi connectivity index (χ1v) is 7.59. The van der Waals surface area contributed by atoms with Crippen LogP contribution in [-0.2, 0) is 4.79 Å². The number of rotatable bonds is 1. The van der Waals surface area contributed by atoms with E-state index >= 15 is 0 Å². The molecule has 1 aliphatic heterocycles. The summed E-state index contributed by atoms with van der Waals surface area (Å²) in [5.41, 5.74) is 0.837. The number of hydrogen-bond donors (Lipinski definition) is 0. The third-order valence-corrected chi connectivity index (χ3v) is 4.63. The molecule has 0 radical (unpaired) electrons. The highest BCUT2D eigenvalue weighted by Crippen LogP contribution is 2.26. The minimum atomic E-state index is -0.281. The number of thiazole rings is 1. The zero-order chi connectivity index (χ0) is 14.2. The molecule has 1 amide bonds. The molecular formula is C14H23N3OS. The van der Waals surface area contributed by atoms with Crippen molar-refractivity contribution >= 4 is 22.4 Å². The van der Waals surface area contributed by atoms with Gasteiger partial charge in [0.15, 0.2) is 5.13 Å². The molecule has 1 aromatic rings. The highest BCUT2D eigenvalue weighted by molar-refractivity contribution is 7.15. The zero-order valence-electron chi connectivity index (χ0n) is 12.5. The van der Waals surface area contributed by atoms with Gasteiger partial charge in [0.05, 0.1) is 5.69 Å². The Labute approximate surface area is 119 Å². The predicted molar refractivity (Wildman–Crippen MR) is 79.8 cm³/mol. The second-order valence-electron chi connectivity index (χ2n) is 6.17. The summed E-state index contributed by atoms with van der Waals surface area (Å²) in [5, 5.41) is 1.10. The lowest BCUT2D eigenvalue weighted by atomic mass is 9.94. The fourth-order valence-electron chi connectivity index (χ4n) is 2.17. The number of carbonyl (C=O) groups is 1. The van der Waals surface area contributed by atoms with Crippen LogP contribution in [0.1, 0.15) is 31.3 Å². The van der Waals surface area contributed by atoms with Crippen molar-refractivity contribution < 1.29 is 4.79 Å². The summed E-state index contributed by atoms with van der Waals surface area (Å²) in [6, 6.07) is 0. The number of aryl methyl sites for hydroxylation is 2. The lowest BCUT2D eigenvalue weighted by Crippen LogP contribution is -2.51. The van der Waals surface area contributed by atoms with E-state index < -0.39 is 0 Å². The number of hydrogen-bond acceptors (Lipinski definition) is 4. The third kappa shape index (κ3) is 3.08. The smallest absolute Gasteiger partial charge is 0.228 e. The van der Waals surface area contributed by atoms with Crippen molar-refractivity contribution in [3.63, 3.8) is 0 Å². The Hall–Kier alpha value is -1.10. The molecule has 1 aromatic heterocycles. The molecule has 19 heavy (non-hydrogen) atoms. The topological polar surface area (TPSA) is 36.4 Å². The van der Waals surface area contributed by atoms with Gasteiger partial charge in [-0.15, -0.1) is 11.3 Å². The first kappa shape index (κ1) is 14.3. The minimum absolute atomic E-state index is 0.249. The molecule has 0 spiro atoms. The van der Waals surface area contributed by atoms with Gasteiger partial charge in [0.1, 0.15) is 0 Å². The Kier molecular flexibility index (Phi) is 3.85. The van der Waals surface area contributed by atoms with E-state index in [9.17, 15) is 4.79 Å². The molecule has 0 saturated carbocycles. The standard InChI is InChI=1S/C14H23N3OS/c1-10-11(2)19-13(15-10)17-8-6-16(7-9-17)12(18)14(3,4)5/h6-9H2,1-5H3. The molecule has 1 fully saturated rings. The fraction of sp³-hybridized carbons (Fsp3) is 0.714. The lowest BCUT2D eigenvalue weighted by molar-refractivity contribution is -0.139. The molecule has 1 aliphatic rings. The molecule has 2 heterocycles. The van der Waals surface area contributed by atoms with Crippen molar-refractivity contribution in [3.8, 4) is 0 Å². The van der Waals surface area contributed by atoms with Crippen LogP contribution in [0, 0.1) is 19.3 Å². The molecule has 106 valence electrons. The second kappa shape index (κ2) is 5.12. The Morgan fingerprint density at radius 1 is 1.16 bits per heavy atom. The van der Waals surface area contributed by atoms with Crippen LogP contribution >= 0.6 is 11.3 Å². The molecule has 0 aliphatic carbocycles. The summed E-state index contributed by atoms with van der Waals surface area (Å²) in [6.45, 7) is 13.5. The predicted octanol–water partition coefficient (Wildman–Crippen LogP) is 2.45. The van der Waals surface area contributed by atoms with Gasteiger partial charge in [0.2, 0.25) is 5.91 Å². The SMILES string of the molecule is Cc1nc(N2CCN(C(=O)C(C)(C)C)CC2)sc1C. The van der Waals surface area contributed by atoms with Crippen molar-refractivity contribution in [1.82, 2.24) is 9.88 Å². The molecular weight excluding hydrogens is 258 g/mol. The molecule has 0 unspecified atom stereocenters. The van der Waals surface area contributed by atoms with Gasteiger partial charge in [-0.3, -0.25) is 4.79 Å². The van der Waals surface area contributed by atoms with E-state index in [-0.39, 0.29) is 11.3 Å². The molecule has 1 saturated heterocycles. The summed E-state index contributed by atoms with van der Waals surface area (Å²) in [6.07, 6.45) is 0. The van der Waals surface area contributed by atoms with E-state index in [1.165, 1.54) is 4.88 Å². The van der Waals surface area contributed by atoms with Gasteiger partial charge in [-0.1, -0.05) is 20.8 Å². The van der Waals surface area contributed by atoms with Gasteiger partial charge in [-0.05, 0) is 13.8 Å². The van der Waals surface area contributed by atoms with Crippen LogP contribution < -0.4 is 4.90 Å². The molecule has 0 aromatic carbocycles. The van der Waals surface area contributed by atoms with Gasteiger partial charge >= 0.3 is 0 Å². The van der Waals surface area contributed by atoms with Gasteiger partial charge in [0.25, 0.3) is 0 Å². The van der Waals surface area contributed by atoms with Crippen LogP contribution in [0.25, 0.3) is 0 Å². The van der Waals surface area contributed by atoms with Crippen LogP contribution in [-0.4, -0.2) is 42.0 Å². The first-order valence-electron chi connectivity index (χ1n) is 6.77. The maximum absolute atomic E-state index is 12.2. The number of aromatic nitrogens is 1. The van der Waals surface area contributed by atoms with Crippen molar-refractivity contribution in [3.05, 3.63) is 10.6 Å². The molecule has 5 heteroatoms. The average Bonchev–Trinajstić information content (AvgIpc) is 2.68. The van der Waals surface area contributed by atoms with E-state index in [0.29, 0.717) is 0 Å². The van der Waals surface area contributed by atoms with Crippen LogP contribution in [0.15, 0.2) is 0 Å². The summed E-state index contributed by atoms with van der Waals surface area (Å²) in [5.74, 6) is 0.249. The van der Waals surface area contributed by atoms with Crippen LogP contribution in [0.4, 0.5) is 5.13 Å². The fourth-order valence-corrected chi connectivity index (χ4v) is 3.13. The summed E-state index contributed by atoms with van der Waals surface area (Å²) < 4.78 is 0. The van der Waals surface area contributed by atoms with Crippen LogP contribution in [0.2, 0.25) is 0 Å². The zero-order valence-corrected chi connectivity index (χ0v) is 13.3. The average molecular weight is 281 g/mol. The van der Waals surface area contributed by atoms with E-state index in [1.807, 2.05) is 25.7 Å². The highest BCUT2D eigenvalue weighted by atomic mass is 32.1. The molecule has 0 atom stereocenters. The molecule has 4 nitrogen and oxygen atoms in total. The molecule has 2 rings (SSSR count). The minimum Gasteiger partial charge on any atom is -0.345 e. The summed E-state index contributed by atoms with van der Waals surface area (Å²) in [7, 11) is 0. The Morgan fingerprint density at radius 2 is 1.74 bits per heavy atom. The quantitative estimate of drug-likeness (QED) is 0.793. The van der Waals surface area contributed by atoms with Gasteiger partial charge < -0.3 is 9.80 Å². The number of nitrogens with zero attached hydrogens (tertiary/aromatic N) is 3. The van der Waals surface area contributed by atoms with E-state index in [4.69, 9.17) is 0 Å². The van der Waals surface area contributed by atoms with Crippen LogP contribution in [0.5, 0.6) is 0 Å². The van der Waals surface area contributed by atoms with Gasteiger partial charge in [0, 0.05) is 36.5 Å². The number of anilines is 1.